The molecule has 114 valence electrons. The highest BCUT2D eigenvalue weighted by atomic mass is 16.5. The van der Waals surface area contributed by atoms with Crippen LogP contribution in [-0.2, 0) is 9.53 Å². The quantitative estimate of drug-likeness (QED) is 0.264. The lowest BCUT2D eigenvalue weighted by atomic mass is 9.97. The van der Waals surface area contributed by atoms with Crippen molar-refractivity contribution in [3.05, 3.63) is 29.5 Å². The fraction of sp³-hybridized carbons (Fsp3) is 0.667. The SMILES string of the molecule is C=CC(=C=C(C)CCCCCC)COC(=O)C(C)(C)C. The van der Waals surface area contributed by atoms with E-state index in [2.05, 4.69) is 26.2 Å². The number of rotatable bonds is 8. The molecule has 2 nitrogen and oxygen atoms in total. The molecule has 0 unspecified atom stereocenters. The van der Waals surface area contributed by atoms with Gasteiger partial charge in [-0.3, -0.25) is 4.79 Å². The van der Waals surface area contributed by atoms with Crippen molar-refractivity contribution in [2.45, 2.75) is 66.7 Å². The van der Waals surface area contributed by atoms with Crippen molar-refractivity contribution in [2.75, 3.05) is 6.61 Å². The second kappa shape index (κ2) is 9.61. The van der Waals surface area contributed by atoms with Crippen LogP contribution in [0, 0.1) is 5.41 Å². The number of ether oxygens (including phenoxy) is 1. The molecule has 0 aliphatic carbocycles. The Bertz CT molecular complexity index is 377. The molecule has 0 saturated carbocycles. The molecule has 0 rings (SSSR count). The van der Waals surface area contributed by atoms with Gasteiger partial charge < -0.3 is 4.74 Å². The fourth-order valence-electron chi connectivity index (χ4n) is 1.66. The third kappa shape index (κ3) is 8.77. The predicted molar refractivity (Wildman–Crippen MR) is 85.6 cm³/mol. The van der Waals surface area contributed by atoms with E-state index in [1.54, 1.807) is 6.08 Å². The van der Waals surface area contributed by atoms with Crippen LogP contribution in [0.3, 0.4) is 0 Å². The van der Waals surface area contributed by atoms with Crippen LogP contribution in [0.15, 0.2) is 29.5 Å². The maximum atomic E-state index is 11.7. The van der Waals surface area contributed by atoms with Crippen molar-refractivity contribution >= 4 is 5.97 Å². The predicted octanol–water partition coefficient (Wildman–Crippen LogP) is 5.20. The number of carbonyl (C=O) groups excluding carboxylic acids is 1. The van der Waals surface area contributed by atoms with Crippen molar-refractivity contribution in [1.82, 2.24) is 0 Å². The van der Waals surface area contributed by atoms with E-state index in [1.165, 1.54) is 31.3 Å². The summed E-state index contributed by atoms with van der Waals surface area (Å²) < 4.78 is 5.28. The van der Waals surface area contributed by atoms with Crippen LogP contribution in [0.25, 0.3) is 0 Å². The highest BCUT2D eigenvalue weighted by molar-refractivity contribution is 5.75. The van der Waals surface area contributed by atoms with E-state index < -0.39 is 5.41 Å². The zero-order chi connectivity index (χ0) is 15.6. The van der Waals surface area contributed by atoms with E-state index in [4.69, 9.17) is 4.74 Å². The Morgan fingerprint density at radius 2 is 1.90 bits per heavy atom. The van der Waals surface area contributed by atoms with Gasteiger partial charge in [-0.1, -0.05) is 38.8 Å². The van der Waals surface area contributed by atoms with Gasteiger partial charge in [0.1, 0.15) is 6.61 Å². The van der Waals surface area contributed by atoms with Crippen LogP contribution in [0.4, 0.5) is 0 Å². The molecular weight excluding hydrogens is 248 g/mol. The summed E-state index contributed by atoms with van der Waals surface area (Å²) in [6, 6.07) is 0. The topological polar surface area (TPSA) is 26.3 Å². The second-order valence-corrected chi connectivity index (χ2v) is 6.27. The van der Waals surface area contributed by atoms with E-state index in [1.807, 2.05) is 20.8 Å². The first-order chi connectivity index (χ1) is 9.31. The van der Waals surface area contributed by atoms with E-state index in [9.17, 15) is 4.79 Å². The smallest absolute Gasteiger partial charge is 0.311 e. The Labute approximate surface area is 124 Å². The van der Waals surface area contributed by atoms with Crippen LogP contribution >= 0.6 is 0 Å². The van der Waals surface area contributed by atoms with Crippen LogP contribution < -0.4 is 0 Å². The lowest BCUT2D eigenvalue weighted by Crippen LogP contribution is -2.23. The molecule has 0 aromatic rings. The van der Waals surface area contributed by atoms with Gasteiger partial charge in [0.25, 0.3) is 0 Å². The summed E-state index contributed by atoms with van der Waals surface area (Å²) in [5.74, 6) is -0.195. The van der Waals surface area contributed by atoms with Crippen molar-refractivity contribution in [3.63, 3.8) is 0 Å². The van der Waals surface area contributed by atoms with Gasteiger partial charge in [-0.05, 0) is 46.1 Å². The zero-order valence-corrected chi connectivity index (χ0v) is 13.8. The van der Waals surface area contributed by atoms with Gasteiger partial charge in [-0.2, -0.15) is 0 Å². The van der Waals surface area contributed by atoms with Crippen molar-refractivity contribution in [3.8, 4) is 0 Å². The zero-order valence-electron chi connectivity index (χ0n) is 13.8. The van der Waals surface area contributed by atoms with Crippen LogP contribution in [0.5, 0.6) is 0 Å². The summed E-state index contributed by atoms with van der Waals surface area (Å²) in [7, 11) is 0. The third-order valence-electron chi connectivity index (χ3n) is 3.00. The maximum absolute atomic E-state index is 11.7. The molecule has 0 fully saturated rings. The summed E-state index contributed by atoms with van der Waals surface area (Å²) in [5.41, 5.74) is 4.86. The number of hydrogen-bond donors (Lipinski definition) is 0. The Morgan fingerprint density at radius 3 is 2.40 bits per heavy atom. The van der Waals surface area contributed by atoms with E-state index >= 15 is 0 Å². The molecule has 0 bridgehead atoms. The molecule has 0 amide bonds. The monoisotopic (exact) mass is 278 g/mol. The number of hydrogen-bond acceptors (Lipinski definition) is 2. The summed E-state index contributed by atoms with van der Waals surface area (Å²) in [4.78, 5) is 11.7. The van der Waals surface area contributed by atoms with Crippen molar-refractivity contribution < 1.29 is 9.53 Å². The number of carbonyl (C=O) groups is 1. The Balaban J connectivity index is 4.45. The third-order valence-corrected chi connectivity index (χ3v) is 3.00. The molecule has 0 atom stereocenters. The summed E-state index contributed by atoms with van der Waals surface area (Å²) in [6.45, 7) is 13.8. The number of esters is 1. The molecule has 0 aliphatic rings. The molecule has 0 aromatic heterocycles. The van der Waals surface area contributed by atoms with Crippen LogP contribution in [0.1, 0.15) is 66.7 Å². The Kier molecular flexibility index (Phi) is 9.00. The lowest BCUT2D eigenvalue weighted by molar-refractivity contribution is -0.151. The summed E-state index contributed by atoms with van der Waals surface area (Å²) >= 11 is 0. The van der Waals surface area contributed by atoms with Gasteiger partial charge in [-0.25, -0.2) is 0 Å². The molecule has 0 radical (unpaired) electrons. The minimum atomic E-state index is -0.467. The minimum Gasteiger partial charge on any atom is -0.460 e. The Hall–Kier alpha value is -1.27. The standard InChI is InChI=1S/C18H30O2/c1-7-9-10-11-12-15(3)13-16(8-2)14-20-17(19)18(4,5)6/h8H,2,7,9-12,14H2,1,3-6H3. The second-order valence-electron chi connectivity index (χ2n) is 6.27. The highest BCUT2D eigenvalue weighted by Gasteiger charge is 2.22. The first kappa shape index (κ1) is 18.7. The van der Waals surface area contributed by atoms with E-state index in [0.717, 1.165) is 12.0 Å². The Morgan fingerprint density at radius 1 is 1.25 bits per heavy atom. The first-order valence-electron chi connectivity index (χ1n) is 7.56. The van der Waals surface area contributed by atoms with E-state index in [-0.39, 0.29) is 12.6 Å². The van der Waals surface area contributed by atoms with E-state index in [0.29, 0.717) is 0 Å². The van der Waals surface area contributed by atoms with Gasteiger partial charge >= 0.3 is 5.97 Å². The van der Waals surface area contributed by atoms with Crippen molar-refractivity contribution in [2.24, 2.45) is 5.41 Å². The molecule has 2 heteroatoms. The van der Waals surface area contributed by atoms with Crippen LogP contribution in [0.2, 0.25) is 0 Å². The largest absolute Gasteiger partial charge is 0.460 e. The molecule has 0 spiro atoms. The lowest BCUT2D eigenvalue weighted by Gasteiger charge is -2.16. The normalized spacial score (nSPS) is 10.7. The molecule has 0 aromatic carbocycles. The van der Waals surface area contributed by atoms with Gasteiger partial charge in [0.15, 0.2) is 0 Å². The fourth-order valence-corrected chi connectivity index (χ4v) is 1.66. The van der Waals surface area contributed by atoms with Gasteiger partial charge in [0.2, 0.25) is 0 Å². The summed E-state index contributed by atoms with van der Waals surface area (Å²) in [6.07, 6.45) is 7.75. The summed E-state index contributed by atoms with van der Waals surface area (Å²) in [5, 5.41) is 0. The minimum absolute atomic E-state index is 0.195. The molecule has 0 saturated heterocycles. The highest BCUT2D eigenvalue weighted by Crippen LogP contribution is 2.16. The van der Waals surface area contributed by atoms with Gasteiger partial charge in [0, 0.05) is 5.57 Å². The molecule has 0 aliphatic heterocycles. The van der Waals surface area contributed by atoms with Gasteiger partial charge in [0.05, 0.1) is 5.41 Å². The van der Waals surface area contributed by atoms with Crippen LogP contribution in [-0.4, -0.2) is 12.6 Å². The number of unbranched alkanes of at least 4 members (excludes halogenated alkanes) is 3. The van der Waals surface area contributed by atoms with Gasteiger partial charge in [-0.15, -0.1) is 5.73 Å². The molecule has 0 heterocycles. The maximum Gasteiger partial charge on any atom is 0.311 e. The average molecular weight is 278 g/mol. The first-order valence-corrected chi connectivity index (χ1v) is 7.56. The van der Waals surface area contributed by atoms with Crippen molar-refractivity contribution in [1.29, 1.82) is 0 Å². The molecule has 0 N–H and O–H groups in total. The molecule has 20 heavy (non-hydrogen) atoms. The average Bonchev–Trinajstić information content (AvgIpc) is 2.38. The molecular formula is C18H30O2.